The molecule has 0 saturated carbocycles. The van der Waals surface area contributed by atoms with Crippen molar-refractivity contribution in [3.8, 4) is 22.9 Å². The number of aromatic nitrogens is 2. The van der Waals surface area contributed by atoms with E-state index in [1.54, 1.807) is 30.5 Å². The second kappa shape index (κ2) is 8.41. The fourth-order valence-corrected chi connectivity index (χ4v) is 4.29. The molecule has 4 aromatic rings. The van der Waals surface area contributed by atoms with E-state index in [4.69, 9.17) is 0 Å². The molecule has 8 heteroatoms. The van der Waals surface area contributed by atoms with Crippen LogP contribution in [0.4, 0.5) is 5.82 Å². The van der Waals surface area contributed by atoms with E-state index in [-0.39, 0.29) is 11.5 Å². The summed E-state index contributed by atoms with van der Waals surface area (Å²) in [6.07, 6.45) is 1.56. The number of fused-ring (bicyclic) bond motifs is 1. The number of hydrogen-bond acceptors (Lipinski definition) is 6. The number of hydrazone groups is 1. The molecular formula is C22H16Br2N4O2. The molecule has 30 heavy (non-hydrogen) atoms. The van der Waals surface area contributed by atoms with Crippen molar-refractivity contribution < 1.29 is 10.2 Å². The van der Waals surface area contributed by atoms with Gasteiger partial charge in [-0.15, -0.1) is 0 Å². The van der Waals surface area contributed by atoms with E-state index in [1.165, 1.54) is 0 Å². The number of phenols is 2. The minimum atomic E-state index is 0.0546. The number of rotatable bonds is 4. The van der Waals surface area contributed by atoms with Crippen molar-refractivity contribution >= 4 is 54.7 Å². The minimum Gasteiger partial charge on any atom is -0.507 e. The second-order valence-electron chi connectivity index (χ2n) is 6.59. The molecule has 1 aromatic heterocycles. The first-order valence-corrected chi connectivity index (χ1v) is 10.5. The first-order chi connectivity index (χ1) is 14.4. The lowest BCUT2D eigenvalue weighted by Gasteiger charge is -2.09. The van der Waals surface area contributed by atoms with E-state index in [0.717, 1.165) is 15.2 Å². The van der Waals surface area contributed by atoms with E-state index < -0.39 is 0 Å². The number of halogens is 2. The van der Waals surface area contributed by atoms with Gasteiger partial charge in [0.1, 0.15) is 11.5 Å². The second-order valence-corrected chi connectivity index (χ2v) is 8.36. The molecule has 6 nitrogen and oxygen atoms in total. The Hall–Kier alpha value is -2.97. The molecule has 0 amide bonds. The van der Waals surface area contributed by atoms with Crippen molar-refractivity contribution in [2.75, 3.05) is 5.43 Å². The standard InChI is InChI=1S/C22H16Br2N4O2/c1-12-8-20(27-22(26-12)16-9-14(23)10-18(24)21(16)30)28-25-11-17-15-5-3-2-4-13(15)6-7-19(17)29/h2-11,29-30H,1H3,(H,26,27,28)/b25-11-. The fourth-order valence-electron chi connectivity index (χ4n) is 3.07. The zero-order chi connectivity index (χ0) is 21.3. The van der Waals surface area contributed by atoms with Crippen molar-refractivity contribution in [1.82, 2.24) is 9.97 Å². The van der Waals surface area contributed by atoms with Gasteiger partial charge in [-0.3, -0.25) is 5.43 Å². The van der Waals surface area contributed by atoms with Crippen molar-refractivity contribution in [3.05, 3.63) is 74.8 Å². The Labute approximate surface area is 189 Å². The molecule has 0 saturated heterocycles. The molecule has 0 unspecified atom stereocenters. The van der Waals surface area contributed by atoms with Gasteiger partial charge in [0.25, 0.3) is 0 Å². The molecule has 0 spiro atoms. The average molecular weight is 528 g/mol. The Balaban J connectivity index is 1.67. The molecule has 3 N–H and O–H groups in total. The van der Waals surface area contributed by atoms with Crippen LogP contribution < -0.4 is 5.43 Å². The van der Waals surface area contributed by atoms with Crippen molar-refractivity contribution in [1.29, 1.82) is 0 Å². The van der Waals surface area contributed by atoms with E-state index >= 15 is 0 Å². The van der Waals surface area contributed by atoms with Gasteiger partial charge in [-0.1, -0.05) is 46.3 Å². The smallest absolute Gasteiger partial charge is 0.165 e. The summed E-state index contributed by atoms with van der Waals surface area (Å²) >= 11 is 6.74. The van der Waals surface area contributed by atoms with E-state index in [9.17, 15) is 10.2 Å². The van der Waals surface area contributed by atoms with E-state index in [2.05, 4.69) is 52.4 Å². The van der Waals surface area contributed by atoms with Crippen molar-refractivity contribution in [3.63, 3.8) is 0 Å². The largest absolute Gasteiger partial charge is 0.507 e. The summed E-state index contributed by atoms with van der Waals surface area (Å²) in [6, 6.07) is 16.5. The average Bonchev–Trinajstić information content (AvgIpc) is 2.72. The van der Waals surface area contributed by atoms with Gasteiger partial charge in [-0.05, 0) is 51.8 Å². The lowest BCUT2D eigenvalue weighted by atomic mass is 10.0. The number of benzene rings is 3. The number of hydrogen-bond donors (Lipinski definition) is 3. The third kappa shape index (κ3) is 4.15. The number of aryl methyl sites for hydroxylation is 1. The number of phenolic OH excluding ortho intramolecular Hbond substituents is 2. The lowest BCUT2D eigenvalue weighted by molar-refractivity contribution is 0.473. The topological polar surface area (TPSA) is 90.6 Å². The van der Waals surface area contributed by atoms with Gasteiger partial charge in [0, 0.05) is 21.8 Å². The molecule has 3 aromatic carbocycles. The normalized spacial score (nSPS) is 11.3. The molecule has 0 aliphatic carbocycles. The molecular weight excluding hydrogens is 512 g/mol. The highest BCUT2D eigenvalue weighted by Crippen LogP contribution is 2.37. The summed E-state index contributed by atoms with van der Waals surface area (Å²) in [5, 5.41) is 26.8. The zero-order valence-electron chi connectivity index (χ0n) is 15.8. The van der Waals surface area contributed by atoms with Gasteiger partial charge < -0.3 is 10.2 Å². The molecule has 0 radical (unpaired) electrons. The maximum atomic E-state index is 10.4. The van der Waals surface area contributed by atoms with Crippen LogP contribution in [0.3, 0.4) is 0 Å². The Morgan fingerprint density at radius 3 is 2.63 bits per heavy atom. The van der Waals surface area contributed by atoms with Crippen LogP contribution in [0.1, 0.15) is 11.3 Å². The Morgan fingerprint density at radius 1 is 1.00 bits per heavy atom. The molecule has 0 atom stereocenters. The van der Waals surface area contributed by atoms with Crippen molar-refractivity contribution in [2.24, 2.45) is 5.10 Å². The third-order valence-electron chi connectivity index (χ3n) is 4.44. The Morgan fingerprint density at radius 2 is 1.80 bits per heavy atom. The van der Waals surface area contributed by atoms with Gasteiger partial charge >= 0.3 is 0 Å². The predicted octanol–water partition coefficient (Wildman–Crippen LogP) is 5.99. The fraction of sp³-hybridized carbons (Fsp3) is 0.0455. The SMILES string of the molecule is Cc1cc(N/N=C\c2c(O)ccc3ccccc23)nc(-c2cc(Br)cc(Br)c2O)n1. The highest BCUT2D eigenvalue weighted by molar-refractivity contribution is 9.11. The number of nitrogens with one attached hydrogen (secondary N) is 1. The monoisotopic (exact) mass is 526 g/mol. The van der Waals surface area contributed by atoms with Crippen LogP contribution in [0.25, 0.3) is 22.2 Å². The van der Waals surface area contributed by atoms with Gasteiger partial charge in [-0.25, -0.2) is 9.97 Å². The number of anilines is 1. The lowest BCUT2D eigenvalue weighted by Crippen LogP contribution is -1.99. The van der Waals surface area contributed by atoms with Crippen LogP contribution in [0.5, 0.6) is 11.5 Å². The van der Waals surface area contributed by atoms with E-state index in [1.807, 2.05) is 37.3 Å². The van der Waals surface area contributed by atoms with Gasteiger partial charge in [0.05, 0.1) is 16.3 Å². The van der Waals surface area contributed by atoms with Crippen LogP contribution in [-0.2, 0) is 0 Å². The molecule has 4 rings (SSSR count). The van der Waals surface area contributed by atoms with E-state index in [0.29, 0.717) is 32.9 Å². The first-order valence-electron chi connectivity index (χ1n) is 8.96. The summed E-state index contributed by atoms with van der Waals surface area (Å²) in [5.74, 6) is 1.02. The number of aromatic hydroxyl groups is 2. The number of nitrogens with zero attached hydrogens (tertiary/aromatic N) is 3. The predicted molar refractivity (Wildman–Crippen MR) is 126 cm³/mol. The minimum absolute atomic E-state index is 0.0546. The summed E-state index contributed by atoms with van der Waals surface area (Å²) in [7, 11) is 0. The molecule has 0 aliphatic rings. The quantitative estimate of drug-likeness (QED) is 0.224. The molecule has 0 fully saturated rings. The molecule has 0 aliphatic heterocycles. The highest BCUT2D eigenvalue weighted by atomic mass is 79.9. The summed E-state index contributed by atoms with van der Waals surface area (Å²) in [6.45, 7) is 1.83. The van der Waals surface area contributed by atoms with Gasteiger partial charge in [-0.2, -0.15) is 5.10 Å². The van der Waals surface area contributed by atoms with Crippen LogP contribution in [0.15, 0.2) is 68.6 Å². The Kier molecular flexibility index (Phi) is 5.69. The van der Waals surface area contributed by atoms with Crippen LogP contribution >= 0.6 is 31.9 Å². The van der Waals surface area contributed by atoms with Crippen LogP contribution in [0.2, 0.25) is 0 Å². The Bertz CT molecular complexity index is 1290. The first kappa shape index (κ1) is 20.3. The van der Waals surface area contributed by atoms with Crippen LogP contribution in [0, 0.1) is 6.92 Å². The summed E-state index contributed by atoms with van der Waals surface area (Å²) in [4.78, 5) is 8.89. The van der Waals surface area contributed by atoms with Gasteiger partial charge in [0.2, 0.25) is 0 Å². The highest BCUT2D eigenvalue weighted by Gasteiger charge is 2.13. The van der Waals surface area contributed by atoms with Crippen LogP contribution in [-0.4, -0.2) is 26.4 Å². The van der Waals surface area contributed by atoms with Gasteiger partial charge in [0.15, 0.2) is 11.6 Å². The maximum Gasteiger partial charge on any atom is 0.165 e. The molecule has 1 heterocycles. The maximum absolute atomic E-state index is 10.4. The molecule has 0 bridgehead atoms. The molecule has 150 valence electrons. The van der Waals surface area contributed by atoms with Crippen molar-refractivity contribution in [2.45, 2.75) is 6.92 Å². The third-order valence-corrected chi connectivity index (χ3v) is 5.51. The summed E-state index contributed by atoms with van der Waals surface area (Å²) < 4.78 is 1.32. The zero-order valence-corrected chi connectivity index (χ0v) is 18.9. The summed E-state index contributed by atoms with van der Waals surface area (Å²) in [5.41, 5.74) is 4.69.